The van der Waals surface area contributed by atoms with Crippen LogP contribution in [0.3, 0.4) is 0 Å². The van der Waals surface area contributed by atoms with E-state index in [0.717, 1.165) is 18.4 Å². The lowest BCUT2D eigenvalue weighted by atomic mass is 9.85. The molecule has 1 unspecified atom stereocenters. The highest BCUT2D eigenvalue weighted by molar-refractivity contribution is 5.79. The van der Waals surface area contributed by atoms with Crippen molar-refractivity contribution in [1.29, 1.82) is 0 Å². The Morgan fingerprint density at radius 3 is 2.52 bits per heavy atom. The fourth-order valence-corrected chi connectivity index (χ4v) is 6.67. The van der Waals surface area contributed by atoms with Crippen molar-refractivity contribution in [2.75, 3.05) is 27.4 Å². The summed E-state index contributed by atoms with van der Waals surface area (Å²) in [7, 11) is 3.09. The van der Waals surface area contributed by atoms with Gasteiger partial charge in [0.25, 0.3) is 0 Å². The Morgan fingerprint density at radius 1 is 1.02 bits per heavy atom. The Balaban J connectivity index is 1.22. The van der Waals surface area contributed by atoms with Gasteiger partial charge in [-0.05, 0) is 44.1 Å². The molecule has 0 aromatic heterocycles. The predicted molar refractivity (Wildman–Crippen MR) is 145 cm³/mol. The number of hydrogen-bond acceptors (Lipinski definition) is 10. The number of hydrogen-bond donors (Lipinski definition) is 2. The highest BCUT2D eigenvalue weighted by Crippen LogP contribution is 2.36. The minimum Gasteiger partial charge on any atom is -0.390 e. The topological polar surface area (TPSA) is 130 Å². The summed E-state index contributed by atoms with van der Waals surface area (Å²) in [5, 5.41) is 22.1. The van der Waals surface area contributed by atoms with Gasteiger partial charge in [-0.25, -0.2) is 0 Å². The summed E-state index contributed by atoms with van der Waals surface area (Å²) >= 11 is 0. The van der Waals surface area contributed by atoms with Gasteiger partial charge in [0.2, 0.25) is 0 Å². The van der Waals surface area contributed by atoms with Crippen molar-refractivity contribution in [3.05, 3.63) is 12.2 Å². The second-order valence-corrected chi connectivity index (χ2v) is 11.8. The molecule has 0 aliphatic carbocycles. The maximum atomic E-state index is 12.7. The van der Waals surface area contributed by atoms with E-state index < -0.39 is 36.6 Å². The van der Waals surface area contributed by atoms with Crippen LogP contribution in [-0.2, 0) is 38.0 Å². The minimum absolute atomic E-state index is 0.0300. The van der Waals surface area contributed by atoms with Crippen molar-refractivity contribution in [2.24, 2.45) is 5.92 Å². The number of fused-ring (bicyclic) bond motifs is 1. The van der Waals surface area contributed by atoms with E-state index in [1.54, 1.807) is 7.11 Å². The van der Waals surface area contributed by atoms with Crippen LogP contribution in [0, 0.1) is 5.92 Å². The molecule has 4 aliphatic heterocycles. The van der Waals surface area contributed by atoms with Gasteiger partial charge in [0.05, 0.1) is 49.8 Å². The van der Waals surface area contributed by atoms with Crippen LogP contribution >= 0.6 is 0 Å². The lowest BCUT2D eigenvalue weighted by molar-refractivity contribution is -0.282. The number of carbonyl (C=O) groups excluding carboxylic acids is 2. The molecule has 0 radical (unpaired) electrons. The van der Waals surface area contributed by atoms with Crippen molar-refractivity contribution in [1.82, 2.24) is 0 Å². The van der Waals surface area contributed by atoms with Crippen molar-refractivity contribution < 1.29 is 48.2 Å². The van der Waals surface area contributed by atoms with Gasteiger partial charge in [-0.15, -0.1) is 0 Å². The summed E-state index contributed by atoms with van der Waals surface area (Å²) in [5.74, 6) is 0.197. The molecular weight excluding hydrogens is 520 g/mol. The largest absolute Gasteiger partial charge is 0.390 e. The summed E-state index contributed by atoms with van der Waals surface area (Å²) in [6.45, 7) is 7.15. The van der Waals surface area contributed by atoms with Crippen molar-refractivity contribution in [2.45, 2.75) is 132 Å². The molecule has 4 rings (SSSR count). The normalized spacial score (nSPS) is 38.8. The monoisotopic (exact) mass is 568 g/mol. The Labute approximate surface area is 237 Å². The first-order valence-corrected chi connectivity index (χ1v) is 14.9. The summed E-state index contributed by atoms with van der Waals surface area (Å²) in [6, 6.07) is 0. The number of carbonyl (C=O) groups is 2. The zero-order chi connectivity index (χ0) is 28.8. The summed E-state index contributed by atoms with van der Waals surface area (Å²) in [4.78, 5) is 25.3. The molecule has 11 atom stereocenters. The SMILES string of the molecule is C=C1C[C@H](CCC(=O)CC[C@H](O)C2O[C@H]3CC[C@H](CC(=O)C[C@H]4COC[C@@H]4OC)O[C@@H]3[C@H](O)[C@@H]2OC)O[C@H]1CC. The standard InChI is InChI=1S/C30H48O10/c1-5-24-17(2)12-21(38-24)8-6-19(31)7-10-23(33)28-30(36-4)27(34)29-25(40-28)11-9-22(39-29)14-20(32)13-18-15-37-16-26(18)35-3/h18,21-30,33-34H,2,5-16H2,1,3-4H3/t18-,21-,22+,23-,24-,25-,26-,27-,28?,29-,30-/m0/s1. The molecule has 10 nitrogen and oxygen atoms in total. The lowest BCUT2D eigenvalue weighted by Crippen LogP contribution is -2.63. The first kappa shape index (κ1) is 31.7. The van der Waals surface area contributed by atoms with Gasteiger partial charge in [0.15, 0.2) is 0 Å². The molecule has 40 heavy (non-hydrogen) atoms. The van der Waals surface area contributed by atoms with E-state index in [-0.39, 0.29) is 61.2 Å². The Morgan fingerprint density at radius 2 is 1.82 bits per heavy atom. The molecule has 0 aromatic rings. The minimum atomic E-state index is -1.03. The molecule has 2 N–H and O–H groups in total. The van der Waals surface area contributed by atoms with E-state index in [9.17, 15) is 19.8 Å². The molecule has 4 fully saturated rings. The fourth-order valence-electron chi connectivity index (χ4n) is 6.67. The van der Waals surface area contributed by atoms with E-state index in [1.807, 2.05) is 0 Å². The van der Waals surface area contributed by atoms with E-state index >= 15 is 0 Å². The van der Waals surface area contributed by atoms with Gasteiger partial charge in [0.1, 0.15) is 36.0 Å². The van der Waals surface area contributed by atoms with Crippen molar-refractivity contribution >= 4 is 11.6 Å². The molecular formula is C30H48O10. The molecule has 4 heterocycles. The van der Waals surface area contributed by atoms with Crippen LogP contribution in [0.15, 0.2) is 12.2 Å². The molecule has 4 aliphatic rings. The van der Waals surface area contributed by atoms with E-state index in [2.05, 4.69) is 13.5 Å². The smallest absolute Gasteiger partial charge is 0.135 e. The van der Waals surface area contributed by atoms with Crippen LogP contribution in [-0.4, -0.2) is 110 Å². The van der Waals surface area contributed by atoms with Gasteiger partial charge in [-0.2, -0.15) is 0 Å². The summed E-state index contributed by atoms with van der Waals surface area (Å²) < 4.78 is 34.7. The van der Waals surface area contributed by atoms with Gasteiger partial charge in [-0.1, -0.05) is 13.5 Å². The zero-order valence-electron chi connectivity index (χ0n) is 24.2. The van der Waals surface area contributed by atoms with E-state index in [1.165, 1.54) is 7.11 Å². The molecule has 228 valence electrons. The number of rotatable bonds is 14. The Hall–Kier alpha value is -1.24. The molecule has 0 aromatic carbocycles. The van der Waals surface area contributed by atoms with Crippen LogP contribution in [0.1, 0.15) is 71.1 Å². The average molecular weight is 569 g/mol. The summed E-state index contributed by atoms with van der Waals surface area (Å²) in [6.07, 6.45) is 0.0366. The number of aliphatic hydroxyl groups is 2. The average Bonchev–Trinajstić information content (AvgIpc) is 3.55. The van der Waals surface area contributed by atoms with Crippen LogP contribution < -0.4 is 0 Å². The quantitative estimate of drug-likeness (QED) is 0.301. The number of methoxy groups -OCH3 is 2. The molecule has 10 heteroatoms. The number of Topliss-reactive ketones (excluding diaryl/α,β-unsaturated/α-hetero) is 2. The third kappa shape index (κ3) is 7.77. The van der Waals surface area contributed by atoms with Crippen molar-refractivity contribution in [3.8, 4) is 0 Å². The Bertz CT molecular complexity index is 863. The molecule has 0 saturated carbocycles. The van der Waals surface area contributed by atoms with Crippen molar-refractivity contribution in [3.63, 3.8) is 0 Å². The van der Waals surface area contributed by atoms with Crippen LogP contribution in [0.5, 0.6) is 0 Å². The molecule has 0 spiro atoms. The highest BCUT2D eigenvalue weighted by atomic mass is 16.6. The second kappa shape index (κ2) is 14.8. The van der Waals surface area contributed by atoms with E-state index in [4.69, 9.17) is 28.4 Å². The number of ketones is 2. The molecule has 4 saturated heterocycles. The van der Waals surface area contributed by atoms with E-state index in [0.29, 0.717) is 45.3 Å². The Kier molecular flexibility index (Phi) is 11.7. The maximum Gasteiger partial charge on any atom is 0.135 e. The first-order valence-electron chi connectivity index (χ1n) is 14.9. The van der Waals surface area contributed by atoms with Crippen LogP contribution in [0.25, 0.3) is 0 Å². The third-order valence-corrected chi connectivity index (χ3v) is 8.99. The lowest BCUT2D eigenvalue weighted by Gasteiger charge is -2.48. The second-order valence-electron chi connectivity index (χ2n) is 11.8. The first-order chi connectivity index (χ1) is 19.2. The van der Waals surface area contributed by atoms with Gasteiger partial charge in [0, 0.05) is 45.8 Å². The summed E-state index contributed by atoms with van der Waals surface area (Å²) in [5.41, 5.74) is 1.09. The van der Waals surface area contributed by atoms with Crippen LogP contribution in [0.2, 0.25) is 0 Å². The zero-order valence-corrected chi connectivity index (χ0v) is 24.2. The van der Waals surface area contributed by atoms with Gasteiger partial charge < -0.3 is 38.6 Å². The van der Waals surface area contributed by atoms with Crippen LogP contribution in [0.4, 0.5) is 0 Å². The van der Waals surface area contributed by atoms with Gasteiger partial charge in [-0.3, -0.25) is 9.59 Å². The third-order valence-electron chi connectivity index (χ3n) is 8.99. The molecule has 0 amide bonds. The molecule has 0 bridgehead atoms. The number of ether oxygens (including phenoxy) is 6. The number of aliphatic hydroxyl groups excluding tert-OH is 2. The fraction of sp³-hybridized carbons (Fsp3) is 0.867. The predicted octanol–water partition coefficient (Wildman–Crippen LogP) is 2.30. The van der Waals surface area contributed by atoms with Gasteiger partial charge >= 0.3 is 0 Å². The maximum absolute atomic E-state index is 12.7. The highest BCUT2D eigenvalue weighted by Gasteiger charge is 2.50.